The Kier molecular flexibility index (Phi) is 7.78. The summed E-state index contributed by atoms with van der Waals surface area (Å²) in [5.74, 6) is 1.39. The molecule has 7 heteroatoms. The van der Waals surface area contributed by atoms with Gasteiger partial charge in [-0.15, -0.1) is 0 Å². The van der Waals surface area contributed by atoms with E-state index < -0.39 is 0 Å². The first-order chi connectivity index (χ1) is 27.9. The van der Waals surface area contributed by atoms with E-state index in [1.54, 1.807) is 12.1 Å². The molecule has 0 amide bonds. The fraction of sp³-hybridized carbons (Fsp3) is 0.0600. The number of hydrogen-bond donors (Lipinski definition) is 0. The number of benzene rings is 7. The molecule has 0 saturated carbocycles. The van der Waals surface area contributed by atoms with Gasteiger partial charge in [-0.05, 0) is 59.7 Å². The van der Waals surface area contributed by atoms with Crippen molar-refractivity contribution in [3.8, 4) is 45.9 Å². The van der Waals surface area contributed by atoms with Crippen molar-refractivity contribution in [2.24, 2.45) is 0 Å². The number of nitrogens with zero attached hydrogens (tertiary/aromatic N) is 7. The van der Waals surface area contributed by atoms with Crippen LogP contribution in [0.1, 0.15) is 30.5 Å². The molecule has 0 unspecified atom stereocenters. The molecule has 57 heavy (non-hydrogen) atoms. The maximum absolute atomic E-state index is 11.0. The van der Waals surface area contributed by atoms with Crippen LogP contribution in [0.3, 0.4) is 0 Å². The average Bonchev–Trinajstić information content (AvgIpc) is 3.59. The third-order valence-electron chi connectivity index (χ3n) is 11.0. The second kappa shape index (κ2) is 13.2. The van der Waals surface area contributed by atoms with E-state index in [4.69, 9.17) is 21.5 Å². The molecule has 3 heterocycles. The van der Waals surface area contributed by atoms with Crippen LogP contribution in [0.2, 0.25) is 0 Å². The van der Waals surface area contributed by atoms with Crippen LogP contribution in [-0.4, -0.2) is 19.5 Å². The molecule has 1 aliphatic rings. The van der Waals surface area contributed by atoms with Gasteiger partial charge in [0.1, 0.15) is 0 Å². The van der Waals surface area contributed by atoms with Crippen LogP contribution in [0, 0.1) is 17.9 Å². The molecule has 0 fully saturated rings. The lowest BCUT2D eigenvalue weighted by Crippen LogP contribution is -2.30. The lowest BCUT2D eigenvalue weighted by molar-refractivity contribution is 0.633. The summed E-state index contributed by atoms with van der Waals surface area (Å²) in [5, 5.41) is 13.0. The Hall–Kier alpha value is -7.87. The van der Waals surface area contributed by atoms with Gasteiger partial charge in [0.25, 0.3) is 0 Å². The maximum Gasteiger partial charge on any atom is 0.212 e. The monoisotopic (exact) mass is 731 g/mol. The summed E-state index contributed by atoms with van der Waals surface area (Å²) in [5.41, 5.74) is 10.6. The SMILES string of the molecule is [C-]#[N+]c1cc(-c2nc(-c3ccccc3)nc(-c3ccccc3)n2)cc(C#N)c1-n1c2ccccc2c2cc3c(cc21)N(c1ccccc1)c1ccccc1C3(C)C. The van der Waals surface area contributed by atoms with Gasteiger partial charge in [-0.2, -0.15) is 5.26 Å². The van der Waals surface area contributed by atoms with E-state index in [0.717, 1.165) is 50.0 Å². The minimum atomic E-state index is -0.308. The van der Waals surface area contributed by atoms with Crippen LogP contribution in [0.4, 0.5) is 22.7 Å². The molecule has 0 spiro atoms. The van der Waals surface area contributed by atoms with Gasteiger partial charge in [-0.25, -0.2) is 19.8 Å². The van der Waals surface area contributed by atoms with E-state index >= 15 is 0 Å². The Labute approximate surface area is 330 Å². The standard InChI is InChI=1S/C50H33N7/c1-50(2)39-24-14-16-26-43(39)56(36-21-11-6-12-22-36)45-30-44-38(29-40(45)50)37-23-13-15-25-42(37)57(44)46-35(31-51)27-34(28-41(46)52-3)49-54-47(32-17-7-4-8-18-32)53-48(55-49)33-19-9-5-10-20-33/h4-30H,1-2H3. The van der Waals surface area contributed by atoms with Crippen molar-refractivity contribution >= 4 is 44.6 Å². The highest BCUT2D eigenvalue weighted by molar-refractivity contribution is 6.12. The van der Waals surface area contributed by atoms with Crippen molar-refractivity contribution in [1.29, 1.82) is 5.26 Å². The Balaban J connectivity index is 1.23. The summed E-state index contributed by atoms with van der Waals surface area (Å²) in [7, 11) is 0. The summed E-state index contributed by atoms with van der Waals surface area (Å²) >= 11 is 0. The van der Waals surface area contributed by atoms with Crippen molar-refractivity contribution in [1.82, 2.24) is 19.5 Å². The van der Waals surface area contributed by atoms with Gasteiger partial charge in [0.05, 0.1) is 46.3 Å². The van der Waals surface area contributed by atoms with Crippen LogP contribution in [0.15, 0.2) is 164 Å². The molecule has 0 N–H and O–H groups in total. The molecule has 2 aromatic heterocycles. The van der Waals surface area contributed by atoms with Crippen molar-refractivity contribution in [3.63, 3.8) is 0 Å². The Morgan fingerprint density at radius 1 is 0.561 bits per heavy atom. The van der Waals surface area contributed by atoms with Gasteiger partial charge in [-0.3, -0.25) is 0 Å². The molecule has 10 rings (SSSR count). The molecule has 0 radical (unpaired) electrons. The number of fused-ring (bicyclic) bond motifs is 5. The Bertz CT molecular complexity index is 3020. The van der Waals surface area contributed by atoms with Gasteiger partial charge >= 0.3 is 0 Å². The van der Waals surface area contributed by atoms with Crippen molar-refractivity contribution in [2.75, 3.05) is 4.90 Å². The van der Waals surface area contributed by atoms with E-state index in [-0.39, 0.29) is 5.41 Å². The summed E-state index contributed by atoms with van der Waals surface area (Å²) in [6, 6.07) is 57.4. The number of hydrogen-bond acceptors (Lipinski definition) is 5. The largest absolute Gasteiger partial charge is 0.318 e. The van der Waals surface area contributed by atoms with Crippen molar-refractivity contribution in [3.05, 3.63) is 192 Å². The topological polar surface area (TPSA) is 75.0 Å². The number of anilines is 3. The lowest BCUT2D eigenvalue weighted by Gasteiger charge is -2.42. The number of para-hydroxylation sites is 3. The molecule has 9 aromatic rings. The number of nitriles is 1. The quantitative estimate of drug-likeness (QED) is 0.165. The molecular weight excluding hydrogens is 699 g/mol. The minimum Gasteiger partial charge on any atom is -0.318 e. The molecule has 0 aliphatic carbocycles. The molecule has 7 aromatic carbocycles. The van der Waals surface area contributed by atoms with Gasteiger partial charge in [0.15, 0.2) is 17.5 Å². The zero-order valence-electron chi connectivity index (χ0n) is 31.2. The second-order valence-electron chi connectivity index (χ2n) is 14.7. The highest BCUT2D eigenvalue weighted by Gasteiger charge is 2.38. The Morgan fingerprint density at radius 2 is 1.14 bits per heavy atom. The van der Waals surface area contributed by atoms with Gasteiger partial charge in [-0.1, -0.05) is 129 Å². The molecule has 0 bridgehead atoms. The second-order valence-corrected chi connectivity index (χ2v) is 14.7. The zero-order valence-corrected chi connectivity index (χ0v) is 31.2. The summed E-state index contributed by atoms with van der Waals surface area (Å²) < 4.78 is 2.09. The van der Waals surface area contributed by atoms with E-state index in [1.807, 2.05) is 78.9 Å². The molecule has 268 valence electrons. The van der Waals surface area contributed by atoms with Gasteiger partial charge in [0.2, 0.25) is 5.69 Å². The van der Waals surface area contributed by atoms with Gasteiger partial charge < -0.3 is 9.47 Å². The molecular formula is C50H33N7. The van der Waals surface area contributed by atoms with E-state index in [9.17, 15) is 5.26 Å². The average molecular weight is 732 g/mol. The molecule has 1 aliphatic heterocycles. The molecule has 0 saturated heterocycles. The van der Waals surface area contributed by atoms with E-state index in [2.05, 4.69) is 107 Å². The smallest absolute Gasteiger partial charge is 0.212 e. The third kappa shape index (κ3) is 5.37. The molecule has 7 nitrogen and oxygen atoms in total. The fourth-order valence-electron chi connectivity index (χ4n) is 8.35. The van der Waals surface area contributed by atoms with Gasteiger partial charge in [0, 0.05) is 38.6 Å². The predicted octanol–water partition coefficient (Wildman–Crippen LogP) is 12.5. The normalized spacial score (nSPS) is 12.8. The first-order valence-corrected chi connectivity index (χ1v) is 18.8. The van der Waals surface area contributed by atoms with Crippen LogP contribution in [0.25, 0.3) is 66.5 Å². The minimum absolute atomic E-state index is 0.308. The van der Waals surface area contributed by atoms with Crippen molar-refractivity contribution in [2.45, 2.75) is 19.3 Å². The third-order valence-corrected chi connectivity index (χ3v) is 11.0. The highest BCUT2D eigenvalue weighted by atomic mass is 15.2. The fourth-order valence-corrected chi connectivity index (χ4v) is 8.35. The lowest BCUT2D eigenvalue weighted by atomic mass is 9.73. The predicted molar refractivity (Wildman–Crippen MR) is 228 cm³/mol. The van der Waals surface area contributed by atoms with Crippen LogP contribution < -0.4 is 4.90 Å². The summed E-state index contributed by atoms with van der Waals surface area (Å²) in [4.78, 5) is 21.1. The van der Waals surface area contributed by atoms with E-state index in [0.29, 0.717) is 40.0 Å². The summed E-state index contributed by atoms with van der Waals surface area (Å²) in [6.45, 7) is 13.1. The first-order valence-electron chi connectivity index (χ1n) is 18.8. The summed E-state index contributed by atoms with van der Waals surface area (Å²) in [6.07, 6.45) is 0. The van der Waals surface area contributed by atoms with E-state index in [1.165, 1.54) is 11.1 Å². The van der Waals surface area contributed by atoms with Crippen LogP contribution in [-0.2, 0) is 5.41 Å². The molecule has 0 atom stereocenters. The highest BCUT2D eigenvalue weighted by Crippen LogP contribution is 2.54. The maximum atomic E-state index is 11.0. The zero-order chi connectivity index (χ0) is 38.7. The number of aromatic nitrogens is 4. The first kappa shape index (κ1) is 33.7. The van der Waals surface area contributed by atoms with Crippen LogP contribution in [0.5, 0.6) is 0 Å². The van der Waals surface area contributed by atoms with Crippen molar-refractivity contribution < 1.29 is 0 Å². The number of rotatable bonds is 5. The van der Waals surface area contributed by atoms with Crippen LogP contribution >= 0.6 is 0 Å². The Morgan fingerprint density at radius 3 is 1.79 bits per heavy atom.